The van der Waals surface area contributed by atoms with Crippen molar-refractivity contribution in [1.29, 1.82) is 0 Å². The summed E-state index contributed by atoms with van der Waals surface area (Å²) < 4.78 is 14.6. The molecule has 0 saturated carbocycles. The van der Waals surface area contributed by atoms with E-state index in [1.54, 1.807) is 0 Å². The van der Waals surface area contributed by atoms with Crippen LogP contribution in [0.3, 0.4) is 0 Å². The molecular weight excluding hydrogens is 422 g/mol. The lowest BCUT2D eigenvalue weighted by molar-refractivity contribution is 0.223. The number of nitrogens with zero attached hydrogens (tertiary/aromatic N) is 3. The molecule has 0 bridgehead atoms. The van der Waals surface area contributed by atoms with Gasteiger partial charge >= 0.3 is 0 Å². The van der Waals surface area contributed by atoms with Gasteiger partial charge in [0.2, 0.25) is 0 Å². The fourth-order valence-electron chi connectivity index (χ4n) is 4.25. The Morgan fingerprint density at radius 1 is 0.656 bits per heavy atom. The smallest absolute Gasteiger partial charge is 0.120 e. The van der Waals surface area contributed by atoms with Crippen molar-refractivity contribution < 1.29 is 9.47 Å². The second-order valence-electron chi connectivity index (χ2n) is 7.85. The summed E-state index contributed by atoms with van der Waals surface area (Å²) in [5.41, 5.74) is 2.49. The number of benzene rings is 2. The van der Waals surface area contributed by atoms with E-state index in [2.05, 4.69) is 85.4 Å². The van der Waals surface area contributed by atoms with E-state index in [0.29, 0.717) is 13.2 Å². The molecule has 0 atom stereocenters. The summed E-state index contributed by atoms with van der Waals surface area (Å²) in [6.07, 6.45) is 0. The van der Waals surface area contributed by atoms with E-state index in [1.165, 1.54) is 21.8 Å². The van der Waals surface area contributed by atoms with Gasteiger partial charge in [-0.2, -0.15) is 0 Å². The van der Waals surface area contributed by atoms with Gasteiger partial charge in [0.25, 0.3) is 0 Å². The van der Waals surface area contributed by atoms with Crippen molar-refractivity contribution in [1.82, 2.24) is 14.4 Å². The fraction of sp³-hybridized carbons (Fsp3) is 0.538. The van der Waals surface area contributed by atoms with Gasteiger partial charge in [-0.15, -0.1) is 12.4 Å². The minimum absolute atomic E-state index is 0. The second-order valence-corrected chi connectivity index (χ2v) is 7.85. The lowest BCUT2D eigenvalue weighted by Gasteiger charge is -2.18. The average molecular weight is 462 g/mol. The highest BCUT2D eigenvalue weighted by molar-refractivity contribution is 6.09. The highest BCUT2D eigenvalue weighted by Gasteiger charge is 2.12. The van der Waals surface area contributed by atoms with Crippen molar-refractivity contribution in [2.75, 3.05) is 52.5 Å². The number of aromatic nitrogens is 1. The fourth-order valence-corrected chi connectivity index (χ4v) is 4.25. The van der Waals surface area contributed by atoms with Gasteiger partial charge in [0.1, 0.15) is 24.7 Å². The van der Waals surface area contributed by atoms with Crippen molar-refractivity contribution in [2.45, 2.75) is 41.2 Å². The molecule has 0 aliphatic carbocycles. The Balaban J connectivity index is 0.00000363. The molecule has 6 heteroatoms. The average Bonchev–Trinajstić information content (AvgIpc) is 3.12. The van der Waals surface area contributed by atoms with E-state index >= 15 is 0 Å². The SMILES string of the molecule is CCN(CC)CCOc1ccc2c(c1)c1cc(OCCN(CC)CC)ccc1n2CC.Cl. The highest BCUT2D eigenvalue weighted by atomic mass is 35.5. The zero-order valence-corrected chi connectivity index (χ0v) is 21.2. The van der Waals surface area contributed by atoms with Gasteiger partial charge in [0.15, 0.2) is 0 Å². The van der Waals surface area contributed by atoms with Gasteiger partial charge in [-0.05, 0) is 69.5 Å². The molecule has 0 fully saturated rings. The van der Waals surface area contributed by atoms with Crippen LogP contribution >= 0.6 is 12.4 Å². The summed E-state index contributed by atoms with van der Waals surface area (Å²) in [6.45, 7) is 19.4. The van der Waals surface area contributed by atoms with Crippen LogP contribution in [-0.2, 0) is 6.54 Å². The Bertz CT molecular complexity index is 889. The molecule has 2 aromatic carbocycles. The maximum Gasteiger partial charge on any atom is 0.120 e. The van der Waals surface area contributed by atoms with E-state index in [4.69, 9.17) is 9.47 Å². The Morgan fingerprint density at radius 2 is 1.06 bits per heavy atom. The van der Waals surface area contributed by atoms with Crippen molar-refractivity contribution in [2.24, 2.45) is 0 Å². The van der Waals surface area contributed by atoms with Crippen LogP contribution in [0.1, 0.15) is 34.6 Å². The Kier molecular flexibility index (Phi) is 10.6. The first-order valence-electron chi connectivity index (χ1n) is 11.9. The predicted molar refractivity (Wildman–Crippen MR) is 139 cm³/mol. The third kappa shape index (κ3) is 6.09. The van der Waals surface area contributed by atoms with Crippen molar-refractivity contribution >= 4 is 34.2 Å². The van der Waals surface area contributed by atoms with E-state index in [1.807, 2.05) is 0 Å². The van der Waals surface area contributed by atoms with Crippen LogP contribution in [0.15, 0.2) is 36.4 Å². The third-order valence-corrected chi connectivity index (χ3v) is 6.27. The number of hydrogen-bond acceptors (Lipinski definition) is 4. The van der Waals surface area contributed by atoms with Crippen LogP contribution in [0, 0.1) is 0 Å². The molecule has 0 aliphatic rings. The van der Waals surface area contributed by atoms with Crippen LogP contribution in [0.4, 0.5) is 0 Å². The first-order valence-corrected chi connectivity index (χ1v) is 11.9. The van der Waals surface area contributed by atoms with Crippen LogP contribution < -0.4 is 9.47 Å². The minimum Gasteiger partial charge on any atom is -0.492 e. The zero-order valence-electron chi connectivity index (χ0n) is 20.4. The van der Waals surface area contributed by atoms with Gasteiger partial charge in [0, 0.05) is 41.4 Å². The number of hydrogen-bond donors (Lipinski definition) is 0. The van der Waals surface area contributed by atoms with Crippen LogP contribution in [0.5, 0.6) is 11.5 Å². The summed E-state index contributed by atoms with van der Waals surface area (Å²) in [6, 6.07) is 12.9. The molecule has 1 heterocycles. The number of aryl methyl sites for hydroxylation is 1. The van der Waals surface area contributed by atoms with E-state index in [-0.39, 0.29) is 12.4 Å². The van der Waals surface area contributed by atoms with Gasteiger partial charge in [-0.1, -0.05) is 27.7 Å². The summed E-state index contributed by atoms with van der Waals surface area (Å²) in [5.74, 6) is 1.87. The Hall–Kier alpha value is -1.95. The van der Waals surface area contributed by atoms with E-state index in [0.717, 1.165) is 57.3 Å². The summed E-state index contributed by atoms with van der Waals surface area (Å²) in [7, 11) is 0. The number of halogens is 1. The summed E-state index contributed by atoms with van der Waals surface area (Å²) in [4.78, 5) is 4.76. The Morgan fingerprint density at radius 3 is 1.41 bits per heavy atom. The third-order valence-electron chi connectivity index (χ3n) is 6.27. The van der Waals surface area contributed by atoms with Gasteiger partial charge in [-0.3, -0.25) is 0 Å². The normalized spacial score (nSPS) is 11.5. The maximum absolute atomic E-state index is 6.10. The molecule has 0 spiro atoms. The number of ether oxygens (including phenoxy) is 2. The molecule has 1 aromatic heterocycles. The zero-order chi connectivity index (χ0) is 22.2. The van der Waals surface area contributed by atoms with Crippen molar-refractivity contribution in [3.05, 3.63) is 36.4 Å². The largest absolute Gasteiger partial charge is 0.492 e. The van der Waals surface area contributed by atoms with Crippen molar-refractivity contribution in [3.63, 3.8) is 0 Å². The van der Waals surface area contributed by atoms with Crippen molar-refractivity contribution in [3.8, 4) is 11.5 Å². The molecule has 5 nitrogen and oxygen atoms in total. The van der Waals surface area contributed by atoms with Gasteiger partial charge < -0.3 is 23.8 Å². The molecule has 0 saturated heterocycles. The summed E-state index contributed by atoms with van der Waals surface area (Å²) in [5, 5.41) is 2.46. The quantitative estimate of drug-likeness (QED) is 0.327. The van der Waals surface area contributed by atoms with E-state index < -0.39 is 0 Å². The number of rotatable bonds is 13. The lowest BCUT2D eigenvalue weighted by atomic mass is 10.1. The highest BCUT2D eigenvalue weighted by Crippen LogP contribution is 2.34. The molecule has 0 radical (unpaired) electrons. The molecule has 3 aromatic rings. The molecule has 32 heavy (non-hydrogen) atoms. The topological polar surface area (TPSA) is 29.9 Å². The standard InChI is InChI=1S/C26H39N3O2.ClH/c1-6-27(7-2)15-17-30-21-11-13-25-23(19-21)24-20-22(12-14-26(24)29(25)10-5)31-18-16-28(8-3)9-4;/h11-14,19-20H,6-10,15-18H2,1-5H3;1H. The second kappa shape index (κ2) is 12.9. The van der Waals surface area contributed by atoms with Gasteiger partial charge in [0.05, 0.1) is 0 Å². The first kappa shape index (κ1) is 26.3. The maximum atomic E-state index is 6.10. The van der Waals surface area contributed by atoms with Crippen LogP contribution in [0.2, 0.25) is 0 Å². The number of fused-ring (bicyclic) bond motifs is 3. The molecule has 3 rings (SSSR count). The van der Waals surface area contributed by atoms with E-state index in [9.17, 15) is 0 Å². The molecule has 178 valence electrons. The molecule has 0 N–H and O–H groups in total. The lowest BCUT2D eigenvalue weighted by Crippen LogP contribution is -2.27. The Labute approximate surface area is 199 Å². The van der Waals surface area contributed by atoms with Crippen LogP contribution in [0.25, 0.3) is 21.8 Å². The molecule has 0 aliphatic heterocycles. The first-order chi connectivity index (χ1) is 15.1. The minimum atomic E-state index is 0. The predicted octanol–water partition coefficient (Wildman–Crippen LogP) is 5.68. The molecular formula is C26H40ClN3O2. The summed E-state index contributed by atoms with van der Waals surface area (Å²) >= 11 is 0. The van der Waals surface area contributed by atoms with Gasteiger partial charge in [-0.25, -0.2) is 0 Å². The monoisotopic (exact) mass is 461 g/mol. The molecule has 0 unspecified atom stereocenters. The molecule has 0 amide bonds. The number of likely N-dealkylation sites (N-methyl/N-ethyl adjacent to an activating group) is 2. The van der Waals surface area contributed by atoms with Crippen LogP contribution in [-0.4, -0.2) is 66.8 Å².